The minimum absolute atomic E-state index is 0.124. The van der Waals surface area contributed by atoms with E-state index in [-0.39, 0.29) is 6.09 Å². The van der Waals surface area contributed by atoms with Crippen molar-refractivity contribution < 1.29 is 9.53 Å². The Kier molecular flexibility index (Phi) is 3.91. The van der Waals surface area contributed by atoms with Crippen LogP contribution in [0.2, 0.25) is 0 Å². The number of hydrogen-bond donors (Lipinski definition) is 0. The summed E-state index contributed by atoms with van der Waals surface area (Å²) in [6.07, 6.45) is 4.18. The largest absolute Gasteiger partial charge is 0.449 e. The lowest BCUT2D eigenvalue weighted by Gasteiger charge is -2.14. The van der Waals surface area contributed by atoms with Crippen molar-refractivity contribution in [2.24, 2.45) is 0 Å². The van der Waals surface area contributed by atoms with Crippen LogP contribution in [0.3, 0.4) is 0 Å². The predicted octanol–water partition coefficient (Wildman–Crippen LogP) is 2.02. The normalized spacial score (nSPS) is 16.6. The molecule has 0 N–H and O–H groups in total. The molecular formula is C9H17NO2. The molecule has 1 fully saturated rings. The van der Waals surface area contributed by atoms with Gasteiger partial charge in [-0.25, -0.2) is 4.79 Å². The smallest absolute Gasteiger partial charge is 0.409 e. The molecule has 0 spiro atoms. The van der Waals surface area contributed by atoms with E-state index in [0.717, 1.165) is 38.8 Å². The quantitative estimate of drug-likeness (QED) is 0.608. The molecule has 12 heavy (non-hydrogen) atoms. The van der Waals surface area contributed by atoms with Crippen molar-refractivity contribution in [3.05, 3.63) is 0 Å². The molecule has 0 bridgehead atoms. The third-order valence-electron chi connectivity index (χ3n) is 2.09. The van der Waals surface area contributed by atoms with E-state index >= 15 is 0 Å². The zero-order valence-electron chi connectivity index (χ0n) is 7.71. The summed E-state index contributed by atoms with van der Waals surface area (Å²) in [5, 5.41) is 0. The van der Waals surface area contributed by atoms with Crippen LogP contribution < -0.4 is 0 Å². The molecule has 3 heteroatoms. The zero-order chi connectivity index (χ0) is 8.81. The second-order valence-electron chi connectivity index (χ2n) is 3.16. The van der Waals surface area contributed by atoms with Crippen LogP contribution in [0.15, 0.2) is 0 Å². The number of rotatable bonds is 3. The average Bonchev–Trinajstić information content (AvgIpc) is 2.56. The Balaban J connectivity index is 2.10. The molecule has 1 rings (SSSR count). The van der Waals surface area contributed by atoms with Crippen LogP contribution in [-0.4, -0.2) is 30.7 Å². The van der Waals surface area contributed by atoms with Gasteiger partial charge < -0.3 is 9.64 Å². The maximum Gasteiger partial charge on any atom is 0.409 e. The molecule has 0 aliphatic carbocycles. The number of ether oxygens (including phenoxy) is 1. The second-order valence-corrected chi connectivity index (χ2v) is 3.16. The SMILES string of the molecule is CCCCOC(=O)N1CCCC1. The van der Waals surface area contributed by atoms with Gasteiger partial charge in [-0.05, 0) is 19.3 Å². The molecule has 0 aromatic heterocycles. The second kappa shape index (κ2) is 5.01. The van der Waals surface area contributed by atoms with Crippen LogP contribution in [0.25, 0.3) is 0 Å². The van der Waals surface area contributed by atoms with Gasteiger partial charge in [-0.2, -0.15) is 0 Å². The third kappa shape index (κ3) is 2.72. The van der Waals surface area contributed by atoms with Gasteiger partial charge in [-0.1, -0.05) is 13.3 Å². The van der Waals surface area contributed by atoms with Crippen molar-refractivity contribution in [3.63, 3.8) is 0 Å². The summed E-state index contributed by atoms with van der Waals surface area (Å²) >= 11 is 0. The molecule has 0 unspecified atom stereocenters. The maximum atomic E-state index is 11.2. The fraction of sp³-hybridized carbons (Fsp3) is 0.889. The fourth-order valence-electron chi connectivity index (χ4n) is 1.29. The molecular weight excluding hydrogens is 154 g/mol. The van der Waals surface area contributed by atoms with Gasteiger partial charge >= 0.3 is 6.09 Å². The summed E-state index contributed by atoms with van der Waals surface area (Å²) in [5.74, 6) is 0. The van der Waals surface area contributed by atoms with Gasteiger partial charge in [-0.3, -0.25) is 0 Å². The topological polar surface area (TPSA) is 29.5 Å². The van der Waals surface area contributed by atoms with Crippen molar-refractivity contribution in [1.82, 2.24) is 4.90 Å². The highest BCUT2D eigenvalue weighted by Crippen LogP contribution is 2.08. The Morgan fingerprint density at radius 3 is 2.67 bits per heavy atom. The van der Waals surface area contributed by atoms with Gasteiger partial charge in [0.1, 0.15) is 0 Å². The fourth-order valence-corrected chi connectivity index (χ4v) is 1.29. The Labute approximate surface area is 73.7 Å². The van der Waals surface area contributed by atoms with Crippen LogP contribution in [0.5, 0.6) is 0 Å². The molecule has 0 aromatic carbocycles. The van der Waals surface area contributed by atoms with Gasteiger partial charge in [0, 0.05) is 13.1 Å². The van der Waals surface area contributed by atoms with Crippen molar-refractivity contribution in [2.75, 3.05) is 19.7 Å². The lowest BCUT2D eigenvalue weighted by Crippen LogP contribution is -2.28. The van der Waals surface area contributed by atoms with E-state index in [0.29, 0.717) is 6.61 Å². The minimum Gasteiger partial charge on any atom is -0.449 e. The Morgan fingerprint density at radius 2 is 2.08 bits per heavy atom. The summed E-state index contributed by atoms with van der Waals surface area (Å²) in [4.78, 5) is 13.0. The number of nitrogens with zero attached hydrogens (tertiary/aromatic N) is 1. The number of amides is 1. The number of carbonyl (C=O) groups excluding carboxylic acids is 1. The highest BCUT2D eigenvalue weighted by atomic mass is 16.6. The third-order valence-corrected chi connectivity index (χ3v) is 2.09. The molecule has 1 heterocycles. The van der Waals surface area contributed by atoms with E-state index in [2.05, 4.69) is 6.92 Å². The summed E-state index contributed by atoms with van der Waals surface area (Å²) in [6, 6.07) is 0. The van der Waals surface area contributed by atoms with Crippen LogP contribution >= 0.6 is 0 Å². The molecule has 0 atom stereocenters. The first-order valence-corrected chi connectivity index (χ1v) is 4.76. The molecule has 0 aromatic rings. The van der Waals surface area contributed by atoms with E-state index in [1.165, 1.54) is 0 Å². The van der Waals surface area contributed by atoms with Gasteiger partial charge in [0.25, 0.3) is 0 Å². The number of likely N-dealkylation sites (tertiary alicyclic amines) is 1. The minimum atomic E-state index is -0.124. The van der Waals surface area contributed by atoms with Gasteiger partial charge in [0.05, 0.1) is 6.61 Å². The van der Waals surface area contributed by atoms with Crippen LogP contribution in [0, 0.1) is 0 Å². The molecule has 70 valence electrons. The number of carbonyl (C=O) groups is 1. The van der Waals surface area contributed by atoms with E-state index in [1.807, 2.05) is 0 Å². The lowest BCUT2D eigenvalue weighted by atomic mass is 10.4. The van der Waals surface area contributed by atoms with E-state index < -0.39 is 0 Å². The molecule has 0 saturated carbocycles. The predicted molar refractivity (Wildman–Crippen MR) is 47.1 cm³/mol. The zero-order valence-corrected chi connectivity index (χ0v) is 7.71. The van der Waals surface area contributed by atoms with E-state index in [4.69, 9.17) is 4.74 Å². The molecule has 1 amide bonds. The standard InChI is InChI=1S/C9H17NO2/c1-2-3-8-12-9(11)10-6-4-5-7-10/h2-8H2,1H3. The first kappa shape index (κ1) is 9.36. The number of hydrogen-bond acceptors (Lipinski definition) is 2. The molecule has 3 nitrogen and oxygen atoms in total. The van der Waals surface area contributed by atoms with Crippen molar-refractivity contribution in [1.29, 1.82) is 0 Å². The van der Waals surface area contributed by atoms with Gasteiger partial charge in [-0.15, -0.1) is 0 Å². The van der Waals surface area contributed by atoms with Crippen LogP contribution in [0.1, 0.15) is 32.6 Å². The Bertz CT molecular complexity index is 141. The van der Waals surface area contributed by atoms with Gasteiger partial charge in [0.2, 0.25) is 0 Å². The monoisotopic (exact) mass is 171 g/mol. The summed E-state index contributed by atoms with van der Waals surface area (Å²) in [6.45, 7) is 4.42. The van der Waals surface area contributed by atoms with Crippen LogP contribution in [0.4, 0.5) is 4.79 Å². The van der Waals surface area contributed by atoms with E-state index in [1.54, 1.807) is 4.90 Å². The van der Waals surface area contributed by atoms with E-state index in [9.17, 15) is 4.79 Å². The molecule has 1 saturated heterocycles. The van der Waals surface area contributed by atoms with Crippen molar-refractivity contribution >= 4 is 6.09 Å². The summed E-state index contributed by atoms with van der Waals surface area (Å²) in [7, 11) is 0. The molecule has 1 aliphatic heterocycles. The first-order valence-electron chi connectivity index (χ1n) is 4.76. The van der Waals surface area contributed by atoms with Gasteiger partial charge in [0.15, 0.2) is 0 Å². The summed E-state index contributed by atoms with van der Waals surface area (Å²) in [5.41, 5.74) is 0. The summed E-state index contributed by atoms with van der Waals surface area (Å²) < 4.78 is 5.05. The molecule has 0 radical (unpaired) electrons. The lowest BCUT2D eigenvalue weighted by molar-refractivity contribution is 0.109. The average molecular weight is 171 g/mol. The Hall–Kier alpha value is -0.730. The Morgan fingerprint density at radius 1 is 1.42 bits per heavy atom. The maximum absolute atomic E-state index is 11.2. The first-order chi connectivity index (χ1) is 5.84. The van der Waals surface area contributed by atoms with Crippen LogP contribution in [-0.2, 0) is 4.74 Å². The highest BCUT2D eigenvalue weighted by molar-refractivity contribution is 5.67. The van der Waals surface area contributed by atoms with Crippen molar-refractivity contribution in [3.8, 4) is 0 Å². The highest BCUT2D eigenvalue weighted by Gasteiger charge is 2.18. The number of unbranched alkanes of at least 4 members (excludes halogenated alkanes) is 1. The molecule has 1 aliphatic rings. The van der Waals surface area contributed by atoms with Crippen molar-refractivity contribution in [2.45, 2.75) is 32.6 Å².